The number of nitriles is 1. The molecular formula is C12H11FN4. The molecule has 0 aliphatic heterocycles. The molecule has 1 fully saturated rings. The van der Waals surface area contributed by atoms with E-state index in [0.717, 1.165) is 25.7 Å². The van der Waals surface area contributed by atoms with E-state index < -0.39 is 5.82 Å². The lowest BCUT2D eigenvalue weighted by Crippen LogP contribution is -2.07. The summed E-state index contributed by atoms with van der Waals surface area (Å²) in [5.41, 5.74) is 1.19. The lowest BCUT2D eigenvalue weighted by Gasteiger charge is -2.10. The van der Waals surface area contributed by atoms with Gasteiger partial charge < -0.3 is 0 Å². The summed E-state index contributed by atoms with van der Waals surface area (Å²) in [5, 5.41) is 17.1. The van der Waals surface area contributed by atoms with Crippen molar-refractivity contribution in [3.63, 3.8) is 0 Å². The van der Waals surface area contributed by atoms with Crippen molar-refractivity contribution in [2.75, 3.05) is 0 Å². The van der Waals surface area contributed by atoms with Crippen molar-refractivity contribution in [1.29, 1.82) is 5.26 Å². The van der Waals surface area contributed by atoms with E-state index in [4.69, 9.17) is 5.26 Å². The van der Waals surface area contributed by atoms with Gasteiger partial charge in [-0.25, -0.2) is 9.07 Å². The standard InChI is InChI=1S/C12H11FN4/c13-10-5-6-11-12(9(10)7-14)17(16-15-11)8-3-1-2-4-8/h5-6,8H,1-4H2. The summed E-state index contributed by atoms with van der Waals surface area (Å²) in [6.07, 6.45) is 4.37. The van der Waals surface area contributed by atoms with Gasteiger partial charge in [0.15, 0.2) is 0 Å². The number of rotatable bonds is 1. The molecule has 0 N–H and O–H groups in total. The monoisotopic (exact) mass is 230 g/mol. The molecule has 17 heavy (non-hydrogen) atoms. The van der Waals surface area contributed by atoms with Gasteiger partial charge in [0.25, 0.3) is 0 Å². The summed E-state index contributed by atoms with van der Waals surface area (Å²) in [6, 6.07) is 5.02. The lowest BCUT2D eigenvalue weighted by atomic mass is 10.1. The Morgan fingerprint density at radius 2 is 2.12 bits per heavy atom. The zero-order valence-electron chi connectivity index (χ0n) is 9.23. The van der Waals surface area contributed by atoms with Crippen LogP contribution in [0.15, 0.2) is 12.1 Å². The van der Waals surface area contributed by atoms with E-state index in [9.17, 15) is 4.39 Å². The first kappa shape index (κ1) is 10.2. The number of nitrogens with zero attached hydrogens (tertiary/aromatic N) is 4. The van der Waals surface area contributed by atoms with Crippen molar-refractivity contribution >= 4 is 11.0 Å². The third-order valence-electron chi connectivity index (χ3n) is 3.37. The van der Waals surface area contributed by atoms with Crippen LogP contribution in [0.3, 0.4) is 0 Å². The van der Waals surface area contributed by atoms with Crippen LogP contribution < -0.4 is 0 Å². The maximum absolute atomic E-state index is 13.6. The normalized spacial score (nSPS) is 16.5. The molecule has 2 aromatic rings. The van der Waals surface area contributed by atoms with E-state index in [2.05, 4.69) is 10.3 Å². The Hall–Kier alpha value is -1.96. The van der Waals surface area contributed by atoms with Gasteiger partial charge in [0.05, 0.1) is 6.04 Å². The van der Waals surface area contributed by atoms with E-state index in [-0.39, 0.29) is 11.6 Å². The highest BCUT2D eigenvalue weighted by atomic mass is 19.1. The molecule has 1 aromatic heterocycles. The molecule has 1 aromatic carbocycles. The van der Waals surface area contributed by atoms with Crippen molar-refractivity contribution in [3.05, 3.63) is 23.5 Å². The summed E-state index contributed by atoms with van der Waals surface area (Å²) in [5.74, 6) is -0.499. The minimum atomic E-state index is -0.499. The first-order chi connectivity index (χ1) is 8.31. The van der Waals surface area contributed by atoms with E-state index in [1.54, 1.807) is 10.7 Å². The van der Waals surface area contributed by atoms with Gasteiger partial charge in [-0.2, -0.15) is 5.26 Å². The van der Waals surface area contributed by atoms with Crippen LogP contribution in [0.2, 0.25) is 0 Å². The molecular weight excluding hydrogens is 219 g/mol. The zero-order chi connectivity index (χ0) is 11.8. The number of aromatic nitrogens is 3. The third kappa shape index (κ3) is 1.48. The van der Waals surface area contributed by atoms with Gasteiger partial charge in [-0.15, -0.1) is 5.10 Å². The van der Waals surface area contributed by atoms with Crippen LogP contribution in [-0.2, 0) is 0 Å². The van der Waals surface area contributed by atoms with Gasteiger partial charge in [0.1, 0.15) is 28.5 Å². The Morgan fingerprint density at radius 1 is 1.35 bits per heavy atom. The molecule has 0 radical (unpaired) electrons. The fourth-order valence-corrected chi connectivity index (χ4v) is 2.52. The molecule has 1 aliphatic carbocycles. The lowest BCUT2D eigenvalue weighted by molar-refractivity contribution is 0.466. The first-order valence-electron chi connectivity index (χ1n) is 5.75. The summed E-state index contributed by atoms with van der Waals surface area (Å²) < 4.78 is 15.3. The van der Waals surface area contributed by atoms with Crippen molar-refractivity contribution in [2.24, 2.45) is 0 Å². The second-order valence-corrected chi connectivity index (χ2v) is 4.37. The Kier molecular flexibility index (Phi) is 2.29. The Labute approximate surface area is 97.7 Å². The summed E-state index contributed by atoms with van der Waals surface area (Å²) >= 11 is 0. The van der Waals surface area contributed by atoms with E-state index in [1.807, 2.05) is 6.07 Å². The number of fused-ring (bicyclic) bond motifs is 1. The maximum Gasteiger partial charge on any atom is 0.143 e. The second kappa shape index (κ2) is 3.81. The fraction of sp³-hybridized carbons (Fsp3) is 0.417. The van der Waals surface area contributed by atoms with E-state index in [1.165, 1.54) is 6.07 Å². The molecule has 0 saturated heterocycles. The molecule has 86 valence electrons. The maximum atomic E-state index is 13.6. The number of hydrogen-bond acceptors (Lipinski definition) is 3. The predicted molar refractivity (Wildman–Crippen MR) is 59.7 cm³/mol. The quantitative estimate of drug-likeness (QED) is 0.756. The highest BCUT2D eigenvalue weighted by molar-refractivity contribution is 5.81. The molecule has 4 nitrogen and oxygen atoms in total. The Morgan fingerprint density at radius 3 is 2.82 bits per heavy atom. The van der Waals surface area contributed by atoms with Gasteiger partial charge in [-0.3, -0.25) is 0 Å². The van der Waals surface area contributed by atoms with Crippen molar-refractivity contribution in [3.8, 4) is 6.07 Å². The van der Waals surface area contributed by atoms with Crippen LogP contribution in [0.4, 0.5) is 4.39 Å². The van der Waals surface area contributed by atoms with Gasteiger partial charge in [0.2, 0.25) is 0 Å². The molecule has 0 bridgehead atoms. The largest absolute Gasteiger partial charge is 0.240 e. The summed E-state index contributed by atoms with van der Waals surface area (Å²) in [4.78, 5) is 0. The predicted octanol–water partition coefficient (Wildman–Crippen LogP) is 2.56. The molecule has 1 aliphatic rings. The number of hydrogen-bond donors (Lipinski definition) is 0. The molecule has 1 heterocycles. The molecule has 0 unspecified atom stereocenters. The highest BCUT2D eigenvalue weighted by Crippen LogP contribution is 2.32. The van der Waals surface area contributed by atoms with Crippen LogP contribution in [-0.4, -0.2) is 15.0 Å². The second-order valence-electron chi connectivity index (χ2n) is 4.37. The van der Waals surface area contributed by atoms with Crippen LogP contribution in [0.25, 0.3) is 11.0 Å². The fourth-order valence-electron chi connectivity index (χ4n) is 2.52. The van der Waals surface area contributed by atoms with Gasteiger partial charge >= 0.3 is 0 Å². The Bertz CT molecular complexity index is 605. The Balaban J connectivity index is 2.26. The molecule has 0 atom stereocenters. The average Bonchev–Trinajstić information content (AvgIpc) is 2.96. The SMILES string of the molecule is N#Cc1c(F)ccc2nnn(C3CCCC3)c12. The van der Waals surface area contributed by atoms with E-state index >= 15 is 0 Å². The zero-order valence-corrected chi connectivity index (χ0v) is 9.23. The highest BCUT2D eigenvalue weighted by Gasteiger charge is 2.22. The van der Waals surface area contributed by atoms with Gasteiger partial charge in [0, 0.05) is 0 Å². The van der Waals surface area contributed by atoms with Crippen molar-refractivity contribution in [2.45, 2.75) is 31.7 Å². The van der Waals surface area contributed by atoms with Crippen LogP contribution in [0.5, 0.6) is 0 Å². The summed E-state index contributed by atoms with van der Waals surface area (Å²) in [6.45, 7) is 0. The van der Waals surface area contributed by atoms with E-state index in [0.29, 0.717) is 11.0 Å². The van der Waals surface area contributed by atoms with Crippen molar-refractivity contribution in [1.82, 2.24) is 15.0 Å². The number of benzene rings is 1. The van der Waals surface area contributed by atoms with Crippen molar-refractivity contribution < 1.29 is 4.39 Å². The third-order valence-corrected chi connectivity index (χ3v) is 3.37. The minimum Gasteiger partial charge on any atom is -0.240 e. The minimum absolute atomic E-state index is 0.0550. The van der Waals surface area contributed by atoms with Crippen LogP contribution in [0.1, 0.15) is 37.3 Å². The van der Waals surface area contributed by atoms with Gasteiger partial charge in [-0.05, 0) is 25.0 Å². The molecule has 0 spiro atoms. The average molecular weight is 230 g/mol. The topological polar surface area (TPSA) is 54.5 Å². The summed E-state index contributed by atoms with van der Waals surface area (Å²) in [7, 11) is 0. The first-order valence-corrected chi connectivity index (χ1v) is 5.75. The molecule has 3 rings (SSSR count). The molecule has 1 saturated carbocycles. The van der Waals surface area contributed by atoms with Gasteiger partial charge in [-0.1, -0.05) is 18.1 Å². The van der Waals surface area contributed by atoms with Crippen LogP contribution >= 0.6 is 0 Å². The van der Waals surface area contributed by atoms with Crippen LogP contribution in [0, 0.1) is 17.1 Å². The molecule has 5 heteroatoms. The smallest absolute Gasteiger partial charge is 0.143 e. The number of halogens is 1. The molecule has 0 amide bonds.